The van der Waals surface area contributed by atoms with Crippen LogP contribution in [-0.4, -0.2) is 15.1 Å². The summed E-state index contributed by atoms with van der Waals surface area (Å²) in [5.74, 6) is 1.29. The van der Waals surface area contributed by atoms with Crippen molar-refractivity contribution in [2.45, 2.75) is 33.2 Å². The number of hydrogen-bond acceptors (Lipinski definition) is 5. The minimum atomic E-state index is -0.222. The molecule has 2 rings (SSSR count). The third-order valence-electron chi connectivity index (χ3n) is 3.21. The van der Waals surface area contributed by atoms with Crippen molar-refractivity contribution in [3.8, 4) is 11.5 Å². The molecule has 0 aliphatic carbocycles. The number of hydrogen-bond donors (Lipinski definition) is 1. The van der Waals surface area contributed by atoms with E-state index in [4.69, 9.17) is 10.3 Å². The molecule has 0 aliphatic rings. The Bertz CT molecular complexity index is 523. The maximum absolute atomic E-state index is 6.06. The quantitative estimate of drug-likeness (QED) is 0.896. The van der Waals surface area contributed by atoms with Crippen molar-refractivity contribution in [3.05, 3.63) is 29.8 Å². The van der Waals surface area contributed by atoms with Crippen LogP contribution in [0, 0.1) is 12.8 Å². The van der Waals surface area contributed by atoms with Gasteiger partial charge >= 0.3 is 0 Å². The predicted molar refractivity (Wildman–Crippen MR) is 68.6 cm³/mol. The minimum absolute atomic E-state index is 0.222. The molecule has 0 fully saturated rings. The van der Waals surface area contributed by atoms with Crippen molar-refractivity contribution in [1.82, 2.24) is 15.1 Å². The Labute approximate surface area is 106 Å². The molecule has 0 amide bonds. The van der Waals surface area contributed by atoms with E-state index in [0.29, 0.717) is 17.6 Å². The van der Waals surface area contributed by atoms with Crippen LogP contribution in [0.15, 0.2) is 22.9 Å². The first-order valence-corrected chi connectivity index (χ1v) is 6.14. The van der Waals surface area contributed by atoms with Crippen LogP contribution >= 0.6 is 0 Å². The Kier molecular flexibility index (Phi) is 3.72. The molecular formula is C13H18N4O. The molecule has 0 aromatic carbocycles. The van der Waals surface area contributed by atoms with E-state index in [1.807, 2.05) is 19.1 Å². The van der Waals surface area contributed by atoms with Crippen LogP contribution in [0.2, 0.25) is 0 Å². The molecule has 2 aromatic rings. The fraction of sp³-hybridized carbons (Fsp3) is 0.462. The van der Waals surface area contributed by atoms with E-state index < -0.39 is 0 Å². The van der Waals surface area contributed by atoms with Crippen LogP contribution in [0.5, 0.6) is 0 Å². The first-order valence-electron chi connectivity index (χ1n) is 6.14. The summed E-state index contributed by atoms with van der Waals surface area (Å²) >= 11 is 0. The number of aromatic nitrogens is 3. The molecule has 5 heteroatoms. The average molecular weight is 246 g/mol. The van der Waals surface area contributed by atoms with Gasteiger partial charge in [-0.2, -0.15) is 4.98 Å². The largest absolute Gasteiger partial charge is 0.337 e. The molecular weight excluding hydrogens is 228 g/mol. The van der Waals surface area contributed by atoms with Gasteiger partial charge in [-0.25, -0.2) is 0 Å². The number of pyridine rings is 1. The van der Waals surface area contributed by atoms with E-state index in [1.54, 1.807) is 6.20 Å². The van der Waals surface area contributed by atoms with E-state index in [1.165, 1.54) is 0 Å². The zero-order valence-corrected chi connectivity index (χ0v) is 10.9. The standard InChI is InChI=1S/C13H18N4O/c1-4-8(2)10(14)13-16-12(17-18-13)11-9(3)6-5-7-15-11/h5-8,10H,4,14H2,1-3H3/t8-,10-/m0/s1. The lowest BCUT2D eigenvalue weighted by Gasteiger charge is -2.12. The van der Waals surface area contributed by atoms with Crippen molar-refractivity contribution in [1.29, 1.82) is 0 Å². The highest BCUT2D eigenvalue weighted by Gasteiger charge is 2.21. The van der Waals surface area contributed by atoms with E-state index in [-0.39, 0.29) is 6.04 Å². The van der Waals surface area contributed by atoms with Gasteiger partial charge in [0.05, 0.1) is 6.04 Å². The number of rotatable bonds is 4. The smallest absolute Gasteiger partial charge is 0.244 e. The van der Waals surface area contributed by atoms with Crippen LogP contribution < -0.4 is 5.73 Å². The van der Waals surface area contributed by atoms with E-state index in [9.17, 15) is 0 Å². The number of nitrogens with two attached hydrogens (primary N) is 1. The zero-order valence-electron chi connectivity index (χ0n) is 10.9. The van der Waals surface area contributed by atoms with E-state index >= 15 is 0 Å². The van der Waals surface area contributed by atoms with Gasteiger partial charge in [-0.05, 0) is 24.5 Å². The Morgan fingerprint density at radius 3 is 2.89 bits per heavy atom. The van der Waals surface area contributed by atoms with Gasteiger partial charge in [0.2, 0.25) is 11.7 Å². The second-order valence-corrected chi connectivity index (χ2v) is 4.54. The summed E-state index contributed by atoms with van der Waals surface area (Å²) in [7, 11) is 0. The Balaban J connectivity index is 2.29. The van der Waals surface area contributed by atoms with Gasteiger partial charge in [0.1, 0.15) is 5.69 Å². The summed E-state index contributed by atoms with van der Waals surface area (Å²) in [4.78, 5) is 8.61. The van der Waals surface area contributed by atoms with Crippen LogP contribution in [0.25, 0.3) is 11.5 Å². The Morgan fingerprint density at radius 1 is 1.44 bits per heavy atom. The SMILES string of the molecule is CC[C@H](C)[C@H](N)c1nc(-c2ncccc2C)no1. The molecule has 0 radical (unpaired) electrons. The molecule has 0 bridgehead atoms. The lowest BCUT2D eigenvalue weighted by atomic mass is 10.0. The first-order chi connectivity index (χ1) is 8.63. The molecule has 0 aliphatic heterocycles. The van der Waals surface area contributed by atoms with Crippen molar-refractivity contribution in [2.75, 3.05) is 0 Å². The van der Waals surface area contributed by atoms with E-state index in [0.717, 1.165) is 17.7 Å². The fourth-order valence-electron chi connectivity index (χ4n) is 1.68. The van der Waals surface area contributed by atoms with Gasteiger partial charge in [0.25, 0.3) is 0 Å². The summed E-state index contributed by atoms with van der Waals surface area (Å²) in [6, 6.07) is 3.62. The van der Waals surface area contributed by atoms with Gasteiger partial charge in [-0.1, -0.05) is 31.5 Å². The summed E-state index contributed by atoms with van der Waals surface area (Å²) in [6.45, 7) is 6.12. The molecule has 0 saturated heterocycles. The van der Waals surface area contributed by atoms with Crippen molar-refractivity contribution < 1.29 is 4.52 Å². The van der Waals surface area contributed by atoms with Crippen molar-refractivity contribution in [3.63, 3.8) is 0 Å². The fourth-order valence-corrected chi connectivity index (χ4v) is 1.68. The third-order valence-corrected chi connectivity index (χ3v) is 3.21. The van der Waals surface area contributed by atoms with Crippen molar-refractivity contribution in [2.24, 2.45) is 11.7 Å². The van der Waals surface area contributed by atoms with Gasteiger partial charge in [0.15, 0.2) is 0 Å². The molecule has 18 heavy (non-hydrogen) atoms. The summed E-state index contributed by atoms with van der Waals surface area (Å²) < 4.78 is 5.23. The monoisotopic (exact) mass is 246 g/mol. The van der Waals surface area contributed by atoms with Gasteiger partial charge in [-0.3, -0.25) is 4.98 Å². The third kappa shape index (κ3) is 2.41. The Morgan fingerprint density at radius 2 is 2.22 bits per heavy atom. The van der Waals surface area contributed by atoms with Crippen LogP contribution in [0.3, 0.4) is 0 Å². The number of nitrogens with zero attached hydrogens (tertiary/aromatic N) is 3. The zero-order chi connectivity index (χ0) is 13.1. The lowest BCUT2D eigenvalue weighted by Crippen LogP contribution is -2.18. The lowest BCUT2D eigenvalue weighted by molar-refractivity contribution is 0.312. The van der Waals surface area contributed by atoms with Gasteiger partial charge in [0, 0.05) is 6.20 Å². The number of aryl methyl sites for hydroxylation is 1. The second-order valence-electron chi connectivity index (χ2n) is 4.54. The van der Waals surface area contributed by atoms with Gasteiger partial charge < -0.3 is 10.3 Å². The predicted octanol–water partition coefficient (Wildman–Crippen LogP) is 2.49. The molecule has 0 saturated carbocycles. The highest BCUT2D eigenvalue weighted by atomic mass is 16.5. The highest BCUT2D eigenvalue weighted by Crippen LogP contribution is 2.23. The summed E-state index contributed by atoms with van der Waals surface area (Å²) in [6.07, 6.45) is 2.69. The highest BCUT2D eigenvalue weighted by molar-refractivity contribution is 5.53. The summed E-state index contributed by atoms with van der Waals surface area (Å²) in [5.41, 5.74) is 7.82. The molecule has 2 atom stereocenters. The average Bonchev–Trinajstić information content (AvgIpc) is 2.87. The maximum atomic E-state index is 6.06. The maximum Gasteiger partial charge on any atom is 0.244 e. The molecule has 96 valence electrons. The molecule has 0 unspecified atom stereocenters. The van der Waals surface area contributed by atoms with Gasteiger partial charge in [-0.15, -0.1) is 0 Å². The van der Waals surface area contributed by atoms with Crippen molar-refractivity contribution >= 4 is 0 Å². The second kappa shape index (κ2) is 5.27. The Hall–Kier alpha value is -1.75. The molecule has 2 heterocycles. The van der Waals surface area contributed by atoms with E-state index in [2.05, 4.69) is 29.0 Å². The topological polar surface area (TPSA) is 77.8 Å². The molecule has 2 N–H and O–H groups in total. The first kappa shape index (κ1) is 12.7. The molecule has 2 aromatic heterocycles. The van der Waals surface area contributed by atoms with Crippen LogP contribution in [0.1, 0.15) is 37.8 Å². The van der Waals surface area contributed by atoms with Crippen LogP contribution in [0.4, 0.5) is 0 Å². The molecule has 0 spiro atoms. The van der Waals surface area contributed by atoms with Crippen LogP contribution in [-0.2, 0) is 0 Å². The summed E-state index contributed by atoms with van der Waals surface area (Å²) in [5, 5.41) is 3.96. The normalized spacial score (nSPS) is 14.4. The minimum Gasteiger partial charge on any atom is -0.337 e. The molecule has 5 nitrogen and oxygen atoms in total.